The molecule has 1 aliphatic carbocycles. The van der Waals surface area contributed by atoms with Gasteiger partial charge in [-0.1, -0.05) is 11.3 Å². The van der Waals surface area contributed by atoms with Crippen LogP contribution in [0, 0.1) is 19.8 Å². The van der Waals surface area contributed by atoms with Gasteiger partial charge in [0.25, 0.3) is 0 Å². The Morgan fingerprint density at radius 3 is 2.68 bits per heavy atom. The van der Waals surface area contributed by atoms with Gasteiger partial charge in [0.05, 0.1) is 4.88 Å². The molecule has 4 aromatic rings. The summed E-state index contributed by atoms with van der Waals surface area (Å²) in [4.78, 5) is 14.4. The summed E-state index contributed by atoms with van der Waals surface area (Å²) in [6.45, 7) is 5.90. The van der Waals surface area contributed by atoms with E-state index in [1.54, 1.807) is 17.5 Å². The van der Waals surface area contributed by atoms with Gasteiger partial charge in [0.2, 0.25) is 5.95 Å². The predicted molar refractivity (Wildman–Crippen MR) is 131 cm³/mol. The summed E-state index contributed by atoms with van der Waals surface area (Å²) < 4.78 is 0. The lowest BCUT2D eigenvalue weighted by molar-refractivity contribution is -0.0240. The first-order valence-corrected chi connectivity index (χ1v) is 12.3. The maximum atomic E-state index is 11.5. The predicted octanol–water partition coefficient (Wildman–Crippen LogP) is 4.66. The van der Waals surface area contributed by atoms with Gasteiger partial charge in [-0.15, -0.1) is 21.5 Å². The molecule has 34 heavy (non-hydrogen) atoms. The number of hydrogen-bond donors (Lipinski definition) is 3. The number of aromatic nitrogens is 7. The van der Waals surface area contributed by atoms with Crippen LogP contribution < -0.4 is 5.32 Å². The van der Waals surface area contributed by atoms with Gasteiger partial charge in [0, 0.05) is 29.7 Å². The van der Waals surface area contributed by atoms with E-state index in [2.05, 4.69) is 66.0 Å². The van der Waals surface area contributed by atoms with Gasteiger partial charge >= 0.3 is 0 Å². The Kier molecular flexibility index (Phi) is 6.09. The lowest BCUT2D eigenvalue weighted by Crippen LogP contribution is -2.34. The van der Waals surface area contributed by atoms with Gasteiger partial charge in [-0.25, -0.2) is 15.0 Å². The number of nitrogens with zero attached hydrogens (tertiary/aromatic N) is 6. The number of aliphatic hydroxyl groups is 1. The molecular formula is C24H28N8OS. The summed E-state index contributed by atoms with van der Waals surface area (Å²) in [6.07, 6.45) is 7.28. The number of tetrazole rings is 1. The first-order chi connectivity index (χ1) is 16.4. The van der Waals surface area contributed by atoms with Crippen LogP contribution in [0.15, 0.2) is 36.7 Å². The second-order valence-corrected chi connectivity index (χ2v) is 10.3. The van der Waals surface area contributed by atoms with E-state index in [0.717, 1.165) is 63.9 Å². The Balaban J connectivity index is 1.32. The highest BCUT2D eigenvalue weighted by Crippen LogP contribution is 2.45. The first kappa shape index (κ1) is 22.5. The number of benzene rings is 1. The maximum absolute atomic E-state index is 11.5. The molecule has 3 N–H and O–H groups in total. The largest absolute Gasteiger partial charge is 0.383 e. The minimum atomic E-state index is -0.981. The summed E-state index contributed by atoms with van der Waals surface area (Å²) in [5, 5.41) is 30.0. The molecule has 1 unspecified atom stereocenters. The number of aromatic amines is 1. The molecular weight excluding hydrogens is 448 g/mol. The van der Waals surface area contributed by atoms with E-state index in [-0.39, 0.29) is 5.92 Å². The van der Waals surface area contributed by atoms with Crippen LogP contribution in [0.4, 0.5) is 11.6 Å². The Morgan fingerprint density at radius 2 is 1.94 bits per heavy atom. The third kappa shape index (κ3) is 4.69. The molecule has 0 amide bonds. The quantitative estimate of drug-likeness (QED) is 0.367. The zero-order valence-corrected chi connectivity index (χ0v) is 20.3. The summed E-state index contributed by atoms with van der Waals surface area (Å²) in [7, 11) is 0. The van der Waals surface area contributed by atoms with Crippen LogP contribution >= 0.6 is 11.3 Å². The summed E-state index contributed by atoms with van der Waals surface area (Å²) >= 11 is 1.55. The highest BCUT2D eigenvalue weighted by molar-refractivity contribution is 7.15. The van der Waals surface area contributed by atoms with Crippen molar-refractivity contribution in [3.05, 3.63) is 58.7 Å². The van der Waals surface area contributed by atoms with Gasteiger partial charge in [0.15, 0.2) is 5.82 Å². The van der Waals surface area contributed by atoms with E-state index in [0.29, 0.717) is 11.9 Å². The van der Waals surface area contributed by atoms with E-state index < -0.39 is 5.60 Å². The molecule has 0 aliphatic heterocycles. The molecule has 1 atom stereocenters. The van der Waals surface area contributed by atoms with Crippen molar-refractivity contribution in [2.45, 2.75) is 58.0 Å². The second-order valence-electron chi connectivity index (χ2n) is 9.23. The molecule has 3 heterocycles. The SMILES string of the molecule is Cc1cc(Nc2nccc(C)n2)cc(-c2cnc(C(C)(O)C3CCC(c4nn[nH]n4)CC3)s2)c1. The van der Waals surface area contributed by atoms with E-state index in [9.17, 15) is 5.11 Å². The van der Waals surface area contributed by atoms with Crippen LogP contribution in [-0.4, -0.2) is 40.7 Å². The normalized spacial score (nSPS) is 20.1. The van der Waals surface area contributed by atoms with Gasteiger partial charge < -0.3 is 10.4 Å². The summed E-state index contributed by atoms with van der Waals surface area (Å²) in [5.41, 5.74) is 3.02. The molecule has 5 rings (SSSR count). The third-order valence-corrected chi connectivity index (χ3v) is 7.87. The van der Waals surface area contributed by atoms with Crippen LogP contribution in [-0.2, 0) is 5.60 Å². The van der Waals surface area contributed by atoms with Crippen molar-refractivity contribution in [1.29, 1.82) is 0 Å². The van der Waals surface area contributed by atoms with Crippen molar-refractivity contribution < 1.29 is 5.11 Å². The molecule has 1 aromatic carbocycles. The van der Waals surface area contributed by atoms with Crippen LogP contribution in [0.2, 0.25) is 0 Å². The highest BCUT2D eigenvalue weighted by Gasteiger charge is 2.39. The van der Waals surface area contributed by atoms with Crippen LogP contribution in [0.1, 0.15) is 60.6 Å². The Bertz CT molecular complexity index is 1260. The van der Waals surface area contributed by atoms with Crippen molar-refractivity contribution in [2.75, 3.05) is 5.32 Å². The molecule has 10 heteroatoms. The van der Waals surface area contributed by atoms with Crippen LogP contribution in [0.3, 0.4) is 0 Å². The Morgan fingerprint density at radius 1 is 1.12 bits per heavy atom. The molecule has 0 saturated heterocycles. The third-order valence-electron chi connectivity index (χ3n) is 6.60. The van der Waals surface area contributed by atoms with Gasteiger partial charge in [-0.05, 0) is 81.7 Å². The minimum Gasteiger partial charge on any atom is -0.383 e. The lowest BCUT2D eigenvalue weighted by Gasteiger charge is -2.36. The number of thiazole rings is 1. The smallest absolute Gasteiger partial charge is 0.227 e. The fourth-order valence-electron chi connectivity index (χ4n) is 4.71. The maximum Gasteiger partial charge on any atom is 0.227 e. The molecule has 1 aliphatic rings. The van der Waals surface area contributed by atoms with Crippen LogP contribution in [0.25, 0.3) is 10.4 Å². The number of hydrogen-bond acceptors (Lipinski definition) is 9. The number of anilines is 2. The van der Waals surface area contributed by atoms with Gasteiger partial charge in [-0.2, -0.15) is 5.21 Å². The average molecular weight is 477 g/mol. The van der Waals surface area contributed by atoms with Gasteiger partial charge in [0.1, 0.15) is 10.6 Å². The summed E-state index contributed by atoms with van der Waals surface area (Å²) in [6, 6.07) is 8.13. The van der Waals surface area contributed by atoms with Crippen molar-refractivity contribution in [2.24, 2.45) is 5.92 Å². The van der Waals surface area contributed by atoms with Crippen LogP contribution in [0.5, 0.6) is 0 Å². The second kappa shape index (κ2) is 9.19. The van der Waals surface area contributed by atoms with E-state index in [4.69, 9.17) is 0 Å². The molecule has 9 nitrogen and oxygen atoms in total. The zero-order valence-electron chi connectivity index (χ0n) is 19.5. The Hall–Kier alpha value is -3.24. The Labute approximate surface area is 202 Å². The molecule has 176 valence electrons. The summed E-state index contributed by atoms with van der Waals surface area (Å²) in [5.74, 6) is 1.78. The fourth-order valence-corrected chi connectivity index (χ4v) is 5.74. The first-order valence-electron chi connectivity index (χ1n) is 11.5. The zero-order chi connectivity index (χ0) is 23.7. The van der Waals surface area contributed by atoms with E-state index in [1.807, 2.05) is 26.1 Å². The number of aryl methyl sites for hydroxylation is 2. The number of H-pyrrole nitrogens is 1. The highest BCUT2D eigenvalue weighted by atomic mass is 32.1. The van der Waals surface area contributed by atoms with E-state index in [1.165, 1.54) is 0 Å². The minimum absolute atomic E-state index is 0.142. The molecule has 0 radical (unpaired) electrons. The lowest BCUT2D eigenvalue weighted by atomic mass is 9.74. The molecule has 0 bridgehead atoms. The topological polar surface area (TPSA) is 125 Å². The van der Waals surface area contributed by atoms with Crippen molar-refractivity contribution in [1.82, 2.24) is 35.6 Å². The molecule has 1 fully saturated rings. The molecule has 0 spiro atoms. The van der Waals surface area contributed by atoms with Crippen molar-refractivity contribution in [3.8, 4) is 10.4 Å². The fraction of sp³-hybridized carbons (Fsp3) is 0.417. The number of rotatable bonds is 6. The van der Waals surface area contributed by atoms with Gasteiger partial charge in [-0.3, -0.25) is 0 Å². The average Bonchev–Trinajstić information content (AvgIpc) is 3.52. The standard InChI is InChI=1S/C24H28N8OS/c1-14-10-17(12-19(11-14)28-23-25-9-8-15(2)27-23)20-13-26-22(34-20)24(3,33)18-6-4-16(5-7-18)21-29-31-32-30-21/h8-13,16,18,33H,4-7H2,1-3H3,(H,25,27,28)(H,29,30,31,32). The van der Waals surface area contributed by atoms with Crippen molar-refractivity contribution >= 4 is 23.0 Å². The molecule has 1 saturated carbocycles. The monoisotopic (exact) mass is 476 g/mol. The molecule has 3 aromatic heterocycles. The van der Waals surface area contributed by atoms with E-state index >= 15 is 0 Å². The van der Waals surface area contributed by atoms with Crippen molar-refractivity contribution in [3.63, 3.8) is 0 Å². The number of nitrogens with one attached hydrogen (secondary N) is 2.